The molecule has 0 saturated carbocycles. The Balaban J connectivity index is 2.01. The fraction of sp³-hybridized carbons (Fsp3) is 0.722. The molecule has 28 heavy (non-hydrogen) atoms. The fourth-order valence-electron chi connectivity index (χ4n) is 3.34. The van der Waals surface area contributed by atoms with Crippen LogP contribution in [0.5, 0.6) is 0 Å². The predicted octanol–water partition coefficient (Wildman–Crippen LogP) is -0.559. The molecule has 2 aliphatic rings. The quantitative estimate of drug-likeness (QED) is 0.648. The normalized spacial score (nSPS) is 32.8. The second-order valence-electron chi connectivity index (χ2n) is 8.24. The lowest BCUT2D eigenvalue weighted by molar-refractivity contribution is -0.173. The Morgan fingerprint density at radius 3 is 2.61 bits per heavy atom. The monoisotopic (exact) mass is 397 g/mol. The van der Waals surface area contributed by atoms with Crippen molar-refractivity contribution in [1.29, 1.82) is 0 Å². The minimum Gasteiger partial charge on any atom is -0.454 e. The van der Waals surface area contributed by atoms with Crippen molar-refractivity contribution in [2.24, 2.45) is 11.1 Å². The Labute approximate surface area is 161 Å². The van der Waals surface area contributed by atoms with E-state index < -0.39 is 59.3 Å². The highest BCUT2D eigenvalue weighted by Crippen LogP contribution is 2.38. The van der Waals surface area contributed by atoms with Gasteiger partial charge in [-0.3, -0.25) is 19.1 Å². The zero-order chi connectivity index (χ0) is 20.8. The van der Waals surface area contributed by atoms with E-state index >= 15 is 0 Å². The first-order chi connectivity index (χ1) is 13.0. The molecule has 6 atom stereocenters. The van der Waals surface area contributed by atoms with Crippen LogP contribution in [0.15, 0.2) is 15.8 Å². The number of nitrogens with zero attached hydrogens (tertiary/aromatic N) is 1. The lowest BCUT2D eigenvalue weighted by Crippen LogP contribution is -2.58. The second-order valence-corrected chi connectivity index (χ2v) is 8.24. The number of aryl methyl sites for hydroxylation is 1. The van der Waals surface area contributed by atoms with Crippen LogP contribution in [-0.2, 0) is 23.7 Å². The summed E-state index contributed by atoms with van der Waals surface area (Å²) in [5, 5.41) is 0. The summed E-state index contributed by atoms with van der Waals surface area (Å²) in [5.74, 6) is -0.466. The van der Waals surface area contributed by atoms with Crippen LogP contribution in [0.1, 0.15) is 32.6 Å². The van der Waals surface area contributed by atoms with Crippen molar-refractivity contribution in [2.45, 2.75) is 64.4 Å². The molecule has 3 N–H and O–H groups in total. The number of methoxy groups -OCH3 is 1. The number of hydrogen-bond donors (Lipinski definition) is 2. The highest BCUT2D eigenvalue weighted by Gasteiger charge is 2.55. The van der Waals surface area contributed by atoms with Gasteiger partial charge in [0.25, 0.3) is 5.56 Å². The van der Waals surface area contributed by atoms with E-state index in [1.54, 1.807) is 27.7 Å². The number of rotatable bonds is 3. The van der Waals surface area contributed by atoms with Gasteiger partial charge in [-0.1, -0.05) is 0 Å². The van der Waals surface area contributed by atoms with Crippen LogP contribution < -0.4 is 17.0 Å². The molecule has 0 aliphatic carbocycles. The zero-order valence-electron chi connectivity index (χ0n) is 16.6. The smallest absolute Gasteiger partial charge is 0.330 e. The highest BCUT2D eigenvalue weighted by atomic mass is 16.6. The number of aromatic nitrogens is 2. The number of hydrogen-bond acceptors (Lipinski definition) is 8. The van der Waals surface area contributed by atoms with E-state index in [0.717, 1.165) is 0 Å². The van der Waals surface area contributed by atoms with Gasteiger partial charge in [0.15, 0.2) is 12.3 Å². The first-order valence-corrected chi connectivity index (χ1v) is 9.13. The van der Waals surface area contributed by atoms with E-state index in [0.29, 0.717) is 5.56 Å². The molecule has 0 unspecified atom stereocenters. The molecule has 2 aliphatic heterocycles. The summed E-state index contributed by atoms with van der Waals surface area (Å²) in [7, 11) is 1.52. The van der Waals surface area contributed by atoms with Crippen molar-refractivity contribution >= 4 is 5.97 Å². The molecule has 3 rings (SSSR count). The number of nitrogens with one attached hydrogen (secondary N) is 1. The Bertz CT molecular complexity index is 856. The van der Waals surface area contributed by atoms with E-state index in [1.807, 2.05) is 0 Å². The van der Waals surface area contributed by atoms with E-state index in [4.69, 9.17) is 24.7 Å². The van der Waals surface area contributed by atoms with Gasteiger partial charge < -0.3 is 24.7 Å². The molecule has 0 bridgehead atoms. The third-order valence-electron chi connectivity index (χ3n) is 5.07. The van der Waals surface area contributed by atoms with Gasteiger partial charge in [0.1, 0.15) is 12.2 Å². The molecule has 2 saturated heterocycles. The number of nitrogens with two attached hydrogens (primary N) is 1. The molecule has 10 nitrogen and oxygen atoms in total. The lowest BCUT2D eigenvalue weighted by atomic mass is 9.95. The Morgan fingerprint density at radius 1 is 1.32 bits per heavy atom. The lowest BCUT2D eigenvalue weighted by Gasteiger charge is -2.37. The van der Waals surface area contributed by atoms with Crippen molar-refractivity contribution in [2.75, 3.05) is 13.7 Å². The molecule has 2 fully saturated rings. The maximum Gasteiger partial charge on any atom is 0.330 e. The van der Waals surface area contributed by atoms with Crippen molar-refractivity contribution < 1.29 is 23.7 Å². The summed E-state index contributed by atoms with van der Waals surface area (Å²) in [6.07, 6.45) is -2.25. The number of carbonyl (C=O) groups excluding carboxylic acids is 1. The van der Waals surface area contributed by atoms with Gasteiger partial charge in [-0.25, -0.2) is 4.79 Å². The van der Waals surface area contributed by atoms with E-state index in [-0.39, 0.29) is 6.61 Å². The molecule has 0 amide bonds. The molecule has 0 spiro atoms. The third kappa shape index (κ3) is 3.64. The molecule has 1 aromatic heterocycles. The summed E-state index contributed by atoms with van der Waals surface area (Å²) in [5.41, 5.74) is 4.66. The summed E-state index contributed by atoms with van der Waals surface area (Å²) < 4.78 is 24.1. The molecule has 10 heteroatoms. The summed E-state index contributed by atoms with van der Waals surface area (Å²) in [6, 6.07) is -0.538. The van der Waals surface area contributed by atoms with Crippen molar-refractivity contribution in [3.63, 3.8) is 0 Å². The van der Waals surface area contributed by atoms with Crippen LogP contribution in [0.3, 0.4) is 0 Å². The van der Waals surface area contributed by atoms with Gasteiger partial charge in [-0.15, -0.1) is 0 Å². The summed E-state index contributed by atoms with van der Waals surface area (Å²) in [4.78, 5) is 38.9. The van der Waals surface area contributed by atoms with Crippen LogP contribution >= 0.6 is 0 Å². The molecular weight excluding hydrogens is 370 g/mol. The molecule has 3 heterocycles. The molecule has 1 aromatic rings. The fourth-order valence-corrected chi connectivity index (χ4v) is 3.34. The van der Waals surface area contributed by atoms with Crippen LogP contribution in [0.25, 0.3) is 0 Å². The van der Waals surface area contributed by atoms with Crippen LogP contribution in [0.2, 0.25) is 0 Å². The first-order valence-electron chi connectivity index (χ1n) is 9.13. The predicted molar refractivity (Wildman–Crippen MR) is 97.8 cm³/mol. The minimum absolute atomic E-state index is 0.206. The Morgan fingerprint density at radius 2 is 2.00 bits per heavy atom. The van der Waals surface area contributed by atoms with Gasteiger partial charge in [-0.2, -0.15) is 0 Å². The number of H-pyrrole nitrogens is 1. The summed E-state index contributed by atoms with van der Waals surface area (Å²) in [6.45, 7) is 6.95. The third-order valence-corrected chi connectivity index (χ3v) is 5.07. The number of carbonyl (C=O) groups is 1. The van der Waals surface area contributed by atoms with Gasteiger partial charge >= 0.3 is 11.7 Å². The number of esters is 1. The standard InChI is InChI=1S/C18H27N3O7/c1-8-6-21(17(24)20-14(8)22)15-13(28-16(23)18(2,3)4)12-11(27-15)10(19)9(25-5)7-26-12/h6,9-13,15H,7,19H2,1-5H3,(H,20,22,24)/t9-,10-,11-,12-,13-,15-/m1/s1. The molecule has 0 aromatic carbocycles. The van der Waals surface area contributed by atoms with E-state index in [1.165, 1.54) is 17.9 Å². The number of ether oxygens (including phenoxy) is 4. The van der Waals surface area contributed by atoms with Crippen LogP contribution in [0.4, 0.5) is 0 Å². The van der Waals surface area contributed by atoms with Crippen LogP contribution in [-0.4, -0.2) is 59.7 Å². The van der Waals surface area contributed by atoms with Gasteiger partial charge in [0.2, 0.25) is 0 Å². The molecule has 0 radical (unpaired) electrons. The largest absolute Gasteiger partial charge is 0.454 e. The van der Waals surface area contributed by atoms with Crippen molar-refractivity contribution in [3.8, 4) is 0 Å². The van der Waals surface area contributed by atoms with Gasteiger partial charge in [-0.05, 0) is 27.7 Å². The van der Waals surface area contributed by atoms with Crippen molar-refractivity contribution in [1.82, 2.24) is 9.55 Å². The van der Waals surface area contributed by atoms with Crippen molar-refractivity contribution in [3.05, 3.63) is 32.6 Å². The maximum absolute atomic E-state index is 12.5. The molecular formula is C18H27N3O7. The maximum atomic E-state index is 12.5. The average Bonchev–Trinajstić information content (AvgIpc) is 2.97. The highest BCUT2D eigenvalue weighted by molar-refractivity contribution is 5.75. The Hall–Kier alpha value is -2.01. The minimum atomic E-state index is -0.994. The van der Waals surface area contributed by atoms with Crippen LogP contribution in [0, 0.1) is 12.3 Å². The second kappa shape index (κ2) is 7.43. The van der Waals surface area contributed by atoms with Gasteiger partial charge in [0, 0.05) is 18.9 Å². The number of aromatic amines is 1. The van der Waals surface area contributed by atoms with E-state index in [9.17, 15) is 14.4 Å². The SMILES string of the molecule is CO[C@@H]1CO[C@@H]2[C@H](O[C@@H](n3cc(C)c(=O)[nH]c3=O)[C@@H]2OC(=O)C(C)(C)C)[C@@H]1N. The van der Waals surface area contributed by atoms with E-state index in [2.05, 4.69) is 4.98 Å². The van der Waals surface area contributed by atoms with Gasteiger partial charge in [0.05, 0.1) is 24.2 Å². The zero-order valence-corrected chi connectivity index (χ0v) is 16.6. The topological polar surface area (TPSA) is 135 Å². The summed E-state index contributed by atoms with van der Waals surface area (Å²) >= 11 is 0. The average molecular weight is 397 g/mol. The first kappa shape index (κ1) is 20.7. The Kier molecular flexibility index (Phi) is 5.50. The molecule has 156 valence electrons. The number of fused-ring (bicyclic) bond motifs is 1.